The summed E-state index contributed by atoms with van der Waals surface area (Å²) < 4.78 is 22.6. The lowest BCUT2D eigenvalue weighted by atomic mass is 9.98. The zero-order chi connectivity index (χ0) is 13.6. The maximum atomic E-state index is 12.8. The zero-order valence-corrected chi connectivity index (χ0v) is 10.8. The van der Waals surface area contributed by atoms with Crippen LogP contribution in [0.2, 0.25) is 0 Å². The van der Waals surface area contributed by atoms with Crippen LogP contribution in [0.5, 0.6) is 0 Å². The van der Waals surface area contributed by atoms with Gasteiger partial charge in [-0.2, -0.15) is 0 Å². The standard InChI is InChI=1S/C13H18FNO3/c1-13(8-9-17-2,12(16)18-3)15-11-6-4-10(14)5-7-11/h4-7,15H,8-9H2,1-3H3. The van der Waals surface area contributed by atoms with Gasteiger partial charge < -0.3 is 14.8 Å². The molecular formula is C13H18FNO3. The van der Waals surface area contributed by atoms with E-state index in [0.29, 0.717) is 18.7 Å². The maximum absolute atomic E-state index is 12.8. The Morgan fingerprint density at radius 3 is 2.44 bits per heavy atom. The smallest absolute Gasteiger partial charge is 0.331 e. The van der Waals surface area contributed by atoms with Crippen molar-refractivity contribution < 1.29 is 18.7 Å². The zero-order valence-electron chi connectivity index (χ0n) is 10.8. The predicted octanol–water partition coefficient (Wildman–Crippen LogP) is 2.21. The minimum atomic E-state index is -0.900. The quantitative estimate of drug-likeness (QED) is 0.792. The Morgan fingerprint density at radius 2 is 1.94 bits per heavy atom. The van der Waals surface area contributed by atoms with E-state index in [4.69, 9.17) is 9.47 Å². The highest BCUT2D eigenvalue weighted by molar-refractivity contribution is 5.83. The summed E-state index contributed by atoms with van der Waals surface area (Å²) in [6, 6.07) is 5.80. The summed E-state index contributed by atoms with van der Waals surface area (Å²) in [4.78, 5) is 11.8. The maximum Gasteiger partial charge on any atom is 0.331 e. The number of rotatable bonds is 6. The van der Waals surface area contributed by atoms with E-state index in [9.17, 15) is 9.18 Å². The highest BCUT2D eigenvalue weighted by atomic mass is 19.1. The third-order valence-electron chi connectivity index (χ3n) is 2.71. The van der Waals surface area contributed by atoms with Gasteiger partial charge in [0.1, 0.15) is 11.4 Å². The highest BCUT2D eigenvalue weighted by Gasteiger charge is 2.33. The van der Waals surface area contributed by atoms with E-state index in [1.54, 1.807) is 26.2 Å². The van der Waals surface area contributed by atoms with Crippen molar-refractivity contribution in [3.63, 3.8) is 0 Å². The van der Waals surface area contributed by atoms with Gasteiger partial charge in [0.15, 0.2) is 0 Å². The van der Waals surface area contributed by atoms with E-state index in [-0.39, 0.29) is 11.8 Å². The Morgan fingerprint density at radius 1 is 1.33 bits per heavy atom. The van der Waals surface area contributed by atoms with Gasteiger partial charge in [0.05, 0.1) is 7.11 Å². The number of methoxy groups -OCH3 is 2. The highest BCUT2D eigenvalue weighted by Crippen LogP contribution is 2.20. The molecule has 1 N–H and O–H groups in total. The van der Waals surface area contributed by atoms with E-state index in [0.717, 1.165) is 0 Å². The van der Waals surface area contributed by atoms with Crippen LogP contribution in [0.4, 0.5) is 10.1 Å². The van der Waals surface area contributed by atoms with Gasteiger partial charge in [0.25, 0.3) is 0 Å². The molecule has 0 saturated heterocycles. The molecule has 0 aliphatic carbocycles. The second kappa shape index (κ2) is 6.35. The predicted molar refractivity (Wildman–Crippen MR) is 66.9 cm³/mol. The van der Waals surface area contributed by atoms with Crippen LogP contribution in [0.15, 0.2) is 24.3 Å². The van der Waals surface area contributed by atoms with Gasteiger partial charge in [-0.3, -0.25) is 0 Å². The van der Waals surface area contributed by atoms with Gasteiger partial charge >= 0.3 is 5.97 Å². The van der Waals surface area contributed by atoms with E-state index in [1.165, 1.54) is 19.2 Å². The molecule has 0 heterocycles. The van der Waals surface area contributed by atoms with Crippen LogP contribution >= 0.6 is 0 Å². The van der Waals surface area contributed by atoms with Crippen molar-refractivity contribution in [2.75, 3.05) is 26.1 Å². The van der Waals surface area contributed by atoms with Crippen LogP contribution in [0.25, 0.3) is 0 Å². The molecule has 0 saturated carbocycles. The molecule has 0 amide bonds. The first-order chi connectivity index (χ1) is 8.51. The average molecular weight is 255 g/mol. The molecule has 0 fully saturated rings. The number of hydrogen-bond acceptors (Lipinski definition) is 4. The molecule has 1 aromatic rings. The molecule has 0 aromatic heterocycles. The van der Waals surface area contributed by atoms with E-state index >= 15 is 0 Å². The fourth-order valence-electron chi connectivity index (χ4n) is 1.60. The second-order valence-corrected chi connectivity index (χ2v) is 4.20. The van der Waals surface area contributed by atoms with Crippen molar-refractivity contribution in [2.45, 2.75) is 18.9 Å². The average Bonchev–Trinajstić information content (AvgIpc) is 2.38. The first-order valence-electron chi connectivity index (χ1n) is 5.63. The summed E-state index contributed by atoms with van der Waals surface area (Å²) in [5, 5.41) is 3.05. The van der Waals surface area contributed by atoms with E-state index < -0.39 is 5.54 Å². The Kier molecular flexibility index (Phi) is 5.09. The summed E-state index contributed by atoms with van der Waals surface area (Å²) in [6.07, 6.45) is 0.452. The number of carbonyl (C=O) groups excluding carboxylic acids is 1. The summed E-state index contributed by atoms with van der Waals surface area (Å²) in [5.74, 6) is -0.707. The van der Waals surface area contributed by atoms with E-state index in [1.807, 2.05) is 0 Å². The molecule has 0 radical (unpaired) electrons. The first kappa shape index (κ1) is 14.4. The van der Waals surface area contributed by atoms with Crippen molar-refractivity contribution in [1.29, 1.82) is 0 Å². The van der Waals surface area contributed by atoms with Crippen LogP contribution in [0.1, 0.15) is 13.3 Å². The SMILES string of the molecule is COCCC(C)(Nc1ccc(F)cc1)C(=O)OC. The normalized spacial score (nSPS) is 13.8. The molecule has 4 nitrogen and oxygen atoms in total. The van der Waals surface area contributed by atoms with Crippen molar-refractivity contribution in [2.24, 2.45) is 0 Å². The van der Waals surface area contributed by atoms with Crippen molar-refractivity contribution in [1.82, 2.24) is 0 Å². The number of nitrogens with one attached hydrogen (secondary N) is 1. The van der Waals surface area contributed by atoms with Gasteiger partial charge in [-0.1, -0.05) is 0 Å². The summed E-state index contributed by atoms with van der Waals surface area (Å²) >= 11 is 0. The van der Waals surface area contributed by atoms with Crippen LogP contribution in [-0.2, 0) is 14.3 Å². The van der Waals surface area contributed by atoms with Gasteiger partial charge in [-0.25, -0.2) is 9.18 Å². The number of hydrogen-bond donors (Lipinski definition) is 1. The van der Waals surface area contributed by atoms with Crippen molar-refractivity contribution in [3.05, 3.63) is 30.1 Å². The lowest BCUT2D eigenvalue weighted by molar-refractivity contribution is -0.146. The molecule has 0 aliphatic rings. The lowest BCUT2D eigenvalue weighted by Gasteiger charge is -2.28. The first-order valence-corrected chi connectivity index (χ1v) is 5.63. The van der Waals surface area contributed by atoms with Crippen molar-refractivity contribution in [3.8, 4) is 0 Å². The molecule has 5 heteroatoms. The number of ether oxygens (including phenoxy) is 2. The minimum absolute atomic E-state index is 0.322. The molecule has 0 aliphatic heterocycles. The van der Waals surface area contributed by atoms with Crippen molar-refractivity contribution >= 4 is 11.7 Å². The molecule has 1 rings (SSSR count). The second-order valence-electron chi connectivity index (χ2n) is 4.20. The third kappa shape index (κ3) is 3.70. The Bertz CT molecular complexity index is 394. The molecular weight excluding hydrogens is 237 g/mol. The largest absolute Gasteiger partial charge is 0.467 e. The van der Waals surface area contributed by atoms with E-state index in [2.05, 4.69) is 5.32 Å². The number of carbonyl (C=O) groups is 1. The Labute approximate surface area is 106 Å². The monoisotopic (exact) mass is 255 g/mol. The Balaban J connectivity index is 2.83. The molecule has 1 aromatic carbocycles. The van der Waals surface area contributed by atoms with Gasteiger partial charge in [0, 0.05) is 25.8 Å². The fraction of sp³-hybridized carbons (Fsp3) is 0.462. The molecule has 1 atom stereocenters. The molecule has 0 bridgehead atoms. The number of benzene rings is 1. The summed E-state index contributed by atoms with van der Waals surface area (Å²) in [6.45, 7) is 2.14. The fourth-order valence-corrected chi connectivity index (χ4v) is 1.60. The topological polar surface area (TPSA) is 47.6 Å². The van der Waals surface area contributed by atoms with Crippen LogP contribution in [0.3, 0.4) is 0 Å². The van der Waals surface area contributed by atoms with Crippen LogP contribution < -0.4 is 5.32 Å². The molecule has 1 unspecified atom stereocenters. The summed E-state index contributed by atoms with van der Waals surface area (Å²) in [5.41, 5.74) is -0.247. The molecule has 0 spiro atoms. The number of anilines is 1. The number of halogens is 1. The molecule has 100 valence electrons. The van der Waals surface area contributed by atoms with Gasteiger partial charge in [0.2, 0.25) is 0 Å². The van der Waals surface area contributed by atoms with Crippen LogP contribution in [0, 0.1) is 5.82 Å². The third-order valence-corrected chi connectivity index (χ3v) is 2.71. The minimum Gasteiger partial charge on any atom is -0.467 e. The van der Waals surface area contributed by atoms with Gasteiger partial charge in [-0.05, 0) is 31.2 Å². The number of esters is 1. The van der Waals surface area contributed by atoms with Crippen LogP contribution in [-0.4, -0.2) is 32.3 Å². The Hall–Kier alpha value is -1.62. The lowest BCUT2D eigenvalue weighted by Crippen LogP contribution is -2.45. The summed E-state index contributed by atoms with van der Waals surface area (Å²) in [7, 11) is 2.90. The van der Waals surface area contributed by atoms with Gasteiger partial charge in [-0.15, -0.1) is 0 Å². The molecule has 18 heavy (non-hydrogen) atoms.